The summed E-state index contributed by atoms with van der Waals surface area (Å²) in [4.78, 5) is 13.6. The minimum absolute atomic E-state index is 0.153. The van der Waals surface area contributed by atoms with Crippen LogP contribution >= 0.6 is 11.9 Å². The van der Waals surface area contributed by atoms with Crippen LogP contribution in [0.5, 0.6) is 0 Å². The minimum atomic E-state index is -0.638. The summed E-state index contributed by atoms with van der Waals surface area (Å²) in [5.74, 6) is -0.508. The van der Waals surface area contributed by atoms with Crippen LogP contribution in [0.2, 0.25) is 0 Å². The number of hydrogen-bond acceptors (Lipinski definition) is 6. The number of fused-ring (bicyclic) bond motifs is 1. The van der Waals surface area contributed by atoms with Gasteiger partial charge in [0.15, 0.2) is 0 Å². The number of carbonyl (C=O) groups is 1. The number of nitrogens with one attached hydrogen (secondary N) is 3. The Morgan fingerprint density at radius 2 is 1.93 bits per heavy atom. The zero-order valence-electron chi connectivity index (χ0n) is 16.8. The monoisotopic (exact) mass is 415 g/mol. The molecule has 0 aromatic heterocycles. The fourth-order valence-corrected chi connectivity index (χ4v) is 4.27. The van der Waals surface area contributed by atoms with Crippen molar-refractivity contribution in [3.8, 4) is 0 Å². The van der Waals surface area contributed by atoms with Crippen LogP contribution in [0, 0.1) is 5.92 Å². The smallest absolute Gasteiger partial charge is 0.223 e. The number of carbonyl (C=O) groups excluding carboxylic acids is 1. The first-order valence-corrected chi connectivity index (χ1v) is 10.7. The lowest BCUT2D eigenvalue weighted by Gasteiger charge is -2.22. The lowest BCUT2D eigenvalue weighted by Crippen LogP contribution is -2.38. The Morgan fingerprint density at radius 3 is 2.66 bits per heavy atom. The molecule has 7 heteroatoms. The maximum atomic E-state index is 12.6. The van der Waals surface area contributed by atoms with E-state index in [2.05, 4.69) is 15.4 Å². The Hall–Kier alpha value is -2.06. The summed E-state index contributed by atoms with van der Waals surface area (Å²) in [5, 5.41) is 26.6. The van der Waals surface area contributed by atoms with E-state index >= 15 is 0 Å². The SMILES string of the molecule is CNc1ccc(SNCC(O)CC(C)C(=O)NC2c3ccccc3CC2O)cc1. The molecule has 0 fully saturated rings. The van der Waals surface area contributed by atoms with Gasteiger partial charge in [0.25, 0.3) is 0 Å². The average Bonchev–Trinajstić information content (AvgIpc) is 3.03. The second-order valence-electron chi connectivity index (χ2n) is 7.47. The van der Waals surface area contributed by atoms with Gasteiger partial charge in [-0.1, -0.05) is 31.2 Å². The van der Waals surface area contributed by atoms with Crippen molar-refractivity contribution in [3.05, 3.63) is 59.7 Å². The molecule has 6 nitrogen and oxygen atoms in total. The van der Waals surface area contributed by atoms with E-state index in [9.17, 15) is 15.0 Å². The van der Waals surface area contributed by atoms with E-state index in [1.807, 2.05) is 55.6 Å². The Kier molecular flexibility index (Phi) is 7.55. The molecule has 2 aromatic carbocycles. The van der Waals surface area contributed by atoms with Crippen LogP contribution in [0.3, 0.4) is 0 Å². The number of benzene rings is 2. The standard InChI is InChI=1S/C22H29N3O3S/c1-14(11-17(26)13-24-29-18-9-7-16(23-2)8-10-18)22(28)25-21-19-6-4-3-5-15(19)12-20(21)27/h3-10,14,17,20-21,23-24,26-27H,11-13H2,1-2H3,(H,25,28). The Morgan fingerprint density at radius 1 is 1.21 bits per heavy atom. The molecule has 0 bridgehead atoms. The van der Waals surface area contributed by atoms with Gasteiger partial charge >= 0.3 is 0 Å². The molecule has 2 aromatic rings. The highest BCUT2D eigenvalue weighted by molar-refractivity contribution is 7.97. The van der Waals surface area contributed by atoms with E-state index in [1.165, 1.54) is 11.9 Å². The second kappa shape index (κ2) is 10.1. The first-order chi connectivity index (χ1) is 14.0. The van der Waals surface area contributed by atoms with Gasteiger partial charge in [-0.2, -0.15) is 0 Å². The van der Waals surface area contributed by atoms with E-state index in [0.29, 0.717) is 19.4 Å². The maximum Gasteiger partial charge on any atom is 0.223 e. The lowest BCUT2D eigenvalue weighted by atomic mass is 10.0. The molecule has 0 heterocycles. The number of aliphatic hydroxyl groups excluding tert-OH is 2. The summed E-state index contributed by atoms with van der Waals surface area (Å²) in [6.07, 6.45) is -0.349. The normalized spacial score (nSPS) is 20.0. The summed E-state index contributed by atoms with van der Waals surface area (Å²) >= 11 is 1.45. The van der Waals surface area contributed by atoms with Gasteiger partial charge in [0, 0.05) is 36.5 Å². The molecule has 4 atom stereocenters. The van der Waals surface area contributed by atoms with Crippen molar-refractivity contribution in [2.45, 2.75) is 42.9 Å². The highest BCUT2D eigenvalue weighted by Gasteiger charge is 2.33. The molecule has 3 rings (SSSR count). The van der Waals surface area contributed by atoms with Gasteiger partial charge in [0.1, 0.15) is 0 Å². The molecular formula is C22H29N3O3S. The van der Waals surface area contributed by atoms with Crippen LogP contribution in [0.25, 0.3) is 0 Å². The van der Waals surface area contributed by atoms with E-state index in [-0.39, 0.29) is 17.9 Å². The zero-order valence-corrected chi connectivity index (χ0v) is 17.6. The molecule has 156 valence electrons. The number of amides is 1. The van der Waals surface area contributed by atoms with Crippen molar-refractivity contribution in [3.63, 3.8) is 0 Å². The van der Waals surface area contributed by atoms with Crippen molar-refractivity contribution in [1.82, 2.24) is 10.0 Å². The third-order valence-electron chi connectivity index (χ3n) is 5.23. The van der Waals surface area contributed by atoms with E-state index in [4.69, 9.17) is 0 Å². The highest BCUT2D eigenvalue weighted by atomic mass is 32.2. The number of anilines is 1. The fraction of sp³-hybridized carbons (Fsp3) is 0.409. The average molecular weight is 416 g/mol. The van der Waals surface area contributed by atoms with Gasteiger partial charge in [-0.25, -0.2) is 0 Å². The Balaban J connectivity index is 1.43. The first-order valence-electron chi connectivity index (χ1n) is 9.89. The molecule has 5 N–H and O–H groups in total. The van der Waals surface area contributed by atoms with Gasteiger partial charge in [-0.3, -0.25) is 9.52 Å². The van der Waals surface area contributed by atoms with Crippen LogP contribution in [-0.4, -0.2) is 41.9 Å². The molecule has 0 saturated carbocycles. The van der Waals surface area contributed by atoms with E-state index in [1.54, 1.807) is 6.92 Å². The number of aliphatic hydroxyl groups is 2. The molecule has 1 amide bonds. The molecule has 29 heavy (non-hydrogen) atoms. The van der Waals surface area contributed by atoms with Gasteiger partial charge < -0.3 is 20.8 Å². The van der Waals surface area contributed by atoms with Gasteiger partial charge in [0.05, 0.1) is 18.2 Å². The van der Waals surface area contributed by atoms with E-state index in [0.717, 1.165) is 21.7 Å². The molecule has 0 aliphatic heterocycles. The molecule has 0 saturated heterocycles. The molecule has 0 spiro atoms. The molecular weight excluding hydrogens is 386 g/mol. The van der Waals surface area contributed by atoms with Crippen molar-refractivity contribution < 1.29 is 15.0 Å². The predicted molar refractivity (Wildman–Crippen MR) is 117 cm³/mol. The minimum Gasteiger partial charge on any atom is -0.392 e. The second-order valence-corrected chi connectivity index (χ2v) is 8.44. The number of hydrogen-bond donors (Lipinski definition) is 5. The third-order valence-corrected chi connectivity index (χ3v) is 6.05. The molecule has 1 aliphatic rings. The van der Waals surface area contributed by atoms with Crippen LogP contribution in [0.4, 0.5) is 5.69 Å². The molecule has 4 unspecified atom stereocenters. The molecule has 1 aliphatic carbocycles. The van der Waals surface area contributed by atoms with Crippen LogP contribution in [-0.2, 0) is 11.2 Å². The largest absolute Gasteiger partial charge is 0.392 e. The third kappa shape index (κ3) is 5.73. The van der Waals surface area contributed by atoms with Gasteiger partial charge in [0.2, 0.25) is 5.91 Å². The summed E-state index contributed by atoms with van der Waals surface area (Å²) in [5.41, 5.74) is 3.09. The van der Waals surface area contributed by atoms with Crippen LogP contribution in [0.15, 0.2) is 53.4 Å². The highest BCUT2D eigenvalue weighted by Crippen LogP contribution is 2.31. The maximum absolute atomic E-state index is 12.6. The van der Waals surface area contributed by atoms with Crippen molar-refractivity contribution >= 4 is 23.5 Å². The number of rotatable bonds is 9. The predicted octanol–water partition coefficient (Wildman–Crippen LogP) is 2.49. The lowest BCUT2D eigenvalue weighted by molar-refractivity contribution is -0.127. The Labute approximate surface area is 176 Å². The topological polar surface area (TPSA) is 93.6 Å². The van der Waals surface area contributed by atoms with Gasteiger partial charge in [-0.15, -0.1) is 0 Å². The fourth-order valence-electron chi connectivity index (χ4n) is 3.55. The quantitative estimate of drug-likeness (QED) is 0.404. The van der Waals surface area contributed by atoms with E-state index < -0.39 is 12.2 Å². The van der Waals surface area contributed by atoms with Gasteiger partial charge in [-0.05, 0) is 53.8 Å². The van der Waals surface area contributed by atoms with Crippen molar-refractivity contribution in [1.29, 1.82) is 0 Å². The first kappa shape index (κ1) is 21.6. The summed E-state index contributed by atoms with van der Waals surface area (Å²) in [6.45, 7) is 2.18. The summed E-state index contributed by atoms with van der Waals surface area (Å²) in [7, 11) is 1.88. The summed E-state index contributed by atoms with van der Waals surface area (Å²) in [6, 6.07) is 15.4. The zero-order chi connectivity index (χ0) is 20.8. The van der Waals surface area contributed by atoms with Crippen LogP contribution < -0.4 is 15.4 Å². The van der Waals surface area contributed by atoms with Crippen molar-refractivity contribution in [2.24, 2.45) is 5.92 Å². The van der Waals surface area contributed by atoms with Crippen molar-refractivity contribution in [2.75, 3.05) is 18.9 Å². The Bertz CT molecular complexity index is 815. The summed E-state index contributed by atoms with van der Waals surface area (Å²) < 4.78 is 3.15. The van der Waals surface area contributed by atoms with Crippen LogP contribution in [0.1, 0.15) is 30.5 Å². The molecule has 0 radical (unpaired) electrons.